The van der Waals surface area contributed by atoms with Crippen LogP contribution in [-0.4, -0.2) is 37.2 Å². The van der Waals surface area contributed by atoms with Crippen molar-refractivity contribution in [3.63, 3.8) is 0 Å². The summed E-state index contributed by atoms with van der Waals surface area (Å²) in [6.45, 7) is 0. The molecule has 4 aromatic rings. The first-order chi connectivity index (χ1) is 16.1. The lowest BCUT2D eigenvalue weighted by Gasteiger charge is -2.15. The van der Waals surface area contributed by atoms with Gasteiger partial charge in [0.1, 0.15) is 5.82 Å². The molecular formula is C24H22N4O4S. The molecule has 0 saturated heterocycles. The minimum absolute atomic E-state index is 0.147. The van der Waals surface area contributed by atoms with Crippen molar-refractivity contribution in [1.82, 2.24) is 9.97 Å². The van der Waals surface area contributed by atoms with E-state index < -0.39 is 0 Å². The molecule has 0 radical (unpaired) electrons. The minimum atomic E-state index is -0.147. The van der Waals surface area contributed by atoms with Gasteiger partial charge in [0.15, 0.2) is 11.5 Å². The van der Waals surface area contributed by atoms with Gasteiger partial charge in [-0.25, -0.2) is 4.98 Å². The van der Waals surface area contributed by atoms with Gasteiger partial charge in [0.05, 0.1) is 44.3 Å². The lowest BCUT2D eigenvalue weighted by molar-refractivity contribution is 0.103. The highest BCUT2D eigenvalue weighted by Gasteiger charge is 2.14. The summed E-state index contributed by atoms with van der Waals surface area (Å²) >= 11 is 1.39. The molecule has 0 aliphatic carbocycles. The summed E-state index contributed by atoms with van der Waals surface area (Å²) in [4.78, 5) is 22.0. The number of carbonyl (C=O) groups excluding carboxylic acids is 1. The summed E-state index contributed by atoms with van der Waals surface area (Å²) in [5.41, 5.74) is 2.85. The molecule has 0 saturated carbocycles. The number of nitrogens with zero attached hydrogens (tertiary/aromatic N) is 2. The normalized spacial score (nSPS) is 10.4. The van der Waals surface area contributed by atoms with Crippen LogP contribution < -0.4 is 24.8 Å². The molecule has 2 N–H and O–H groups in total. The Kier molecular flexibility index (Phi) is 6.70. The van der Waals surface area contributed by atoms with Gasteiger partial charge >= 0.3 is 0 Å². The van der Waals surface area contributed by atoms with Crippen molar-refractivity contribution in [2.75, 3.05) is 32.0 Å². The van der Waals surface area contributed by atoms with Crippen LogP contribution in [0.5, 0.6) is 17.2 Å². The fourth-order valence-corrected chi connectivity index (χ4v) is 3.84. The topological polar surface area (TPSA) is 94.6 Å². The van der Waals surface area contributed by atoms with Crippen LogP contribution >= 0.6 is 11.3 Å². The molecule has 0 aliphatic heterocycles. The van der Waals surface area contributed by atoms with Gasteiger partial charge in [-0.05, 0) is 23.6 Å². The van der Waals surface area contributed by atoms with Crippen LogP contribution in [0.25, 0.3) is 11.3 Å². The second-order valence-corrected chi connectivity index (χ2v) is 7.79. The maximum Gasteiger partial charge on any atom is 0.265 e. The van der Waals surface area contributed by atoms with Crippen molar-refractivity contribution < 1.29 is 19.0 Å². The SMILES string of the molecule is COc1cc(Nc2cncc(-c3cccc(NC(=O)c4cccs4)c3)n2)cc(OC)c1OC. The highest BCUT2D eigenvalue weighted by Crippen LogP contribution is 2.40. The molecular weight excluding hydrogens is 440 g/mol. The van der Waals surface area contributed by atoms with Gasteiger partial charge in [0, 0.05) is 29.1 Å². The highest BCUT2D eigenvalue weighted by molar-refractivity contribution is 7.12. The first-order valence-corrected chi connectivity index (χ1v) is 10.8. The summed E-state index contributed by atoms with van der Waals surface area (Å²) in [6, 6.07) is 14.7. The van der Waals surface area contributed by atoms with Gasteiger partial charge < -0.3 is 24.8 Å². The van der Waals surface area contributed by atoms with Crippen molar-refractivity contribution >= 4 is 34.4 Å². The van der Waals surface area contributed by atoms with Gasteiger partial charge in [-0.3, -0.25) is 9.78 Å². The molecule has 168 valence electrons. The Hall–Kier alpha value is -4.11. The van der Waals surface area contributed by atoms with E-state index in [2.05, 4.69) is 20.6 Å². The number of anilines is 3. The zero-order valence-corrected chi connectivity index (χ0v) is 19.1. The second-order valence-electron chi connectivity index (χ2n) is 6.84. The van der Waals surface area contributed by atoms with E-state index in [1.165, 1.54) is 11.3 Å². The third kappa shape index (κ3) is 5.04. The molecule has 0 aliphatic rings. The summed E-state index contributed by atoms with van der Waals surface area (Å²) in [6.07, 6.45) is 3.29. The number of hydrogen-bond donors (Lipinski definition) is 2. The summed E-state index contributed by atoms with van der Waals surface area (Å²) in [5, 5.41) is 8.00. The molecule has 2 heterocycles. The van der Waals surface area contributed by atoms with Crippen LogP contribution in [0.3, 0.4) is 0 Å². The minimum Gasteiger partial charge on any atom is -0.493 e. The lowest BCUT2D eigenvalue weighted by Crippen LogP contribution is -2.10. The standard InChI is InChI=1S/C24H22N4O4S/c1-30-19-11-17(12-20(31-2)23(19)32-3)26-22-14-25-13-18(28-22)15-6-4-7-16(10-15)27-24(29)21-8-5-9-33-21/h4-14H,1-3H3,(H,26,28)(H,27,29). The first kappa shape index (κ1) is 22.1. The number of methoxy groups -OCH3 is 3. The van der Waals surface area contributed by atoms with Gasteiger partial charge in [0.25, 0.3) is 5.91 Å². The van der Waals surface area contributed by atoms with Gasteiger partial charge in [-0.2, -0.15) is 0 Å². The Balaban J connectivity index is 1.57. The van der Waals surface area contributed by atoms with E-state index in [0.717, 1.165) is 5.56 Å². The van der Waals surface area contributed by atoms with Crippen LogP contribution in [0.1, 0.15) is 9.67 Å². The molecule has 2 aromatic heterocycles. The number of ether oxygens (including phenoxy) is 3. The number of amides is 1. The van der Waals surface area contributed by atoms with Crippen molar-refractivity contribution in [2.24, 2.45) is 0 Å². The van der Waals surface area contributed by atoms with Crippen LogP contribution in [0.2, 0.25) is 0 Å². The number of hydrogen-bond acceptors (Lipinski definition) is 8. The predicted octanol–water partition coefficient (Wildman–Crippen LogP) is 5.23. The van der Waals surface area contributed by atoms with Crippen molar-refractivity contribution in [3.05, 3.63) is 71.2 Å². The van der Waals surface area contributed by atoms with Gasteiger partial charge in [-0.15, -0.1) is 11.3 Å². The van der Waals surface area contributed by atoms with Crippen LogP contribution in [0.15, 0.2) is 66.3 Å². The molecule has 33 heavy (non-hydrogen) atoms. The van der Waals surface area contributed by atoms with Crippen molar-refractivity contribution in [2.45, 2.75) is 0 Å². The molecule has 0 spiro atoms. The largest absolute Gasteiger partial charge is 0.493 e. The van der Waals surface area contributed by atoms with Crippen LogP contribution in [-0.2, 0) is 0 Å². The van der Waals surface area contributed by atoms with Crippen LogP contribution in [0.4, 0.5) is 17.2 Å². The molecule has 0 atom stereocenters. The molecule has 0 fully saturated rings. The third-order valence-corrected chi connectivity index (χ3v) is 5.60. The number of thiophene rings is 1. The molecule has 8 nitrogen and oxygen atoms in total. The smallest absolute Gasteiger partial charge is 0.265 e. The van der Waals surface area contributed by atoms with Crippen LogP contribution in [0, 0.1) is 0 Å². The van der Waals surface area contributed by atoms with Gasteiger partial charge in [-0.1, -0.05) is 18.2 Å². The van der Waals surface area contributed by atoms with E-state index >= 15 is 0 Å². The highest BCUT2D eigenvalue weighted by atomic mass is 32.1. The molecule has 9 heteroatoms. The summed E-state index contributed by atoms with van der Waals surface area (Å²) < 4.78 is 16.2. The molecule has 1 amide bonds. The average molecular weight is 463 g/mol. The maximum absolute atomic E-state index is 12.4. The molecule has 4 rings (SSSR count). The maximum atomic E-state index is 12.4. The third-order valence-electron chi connectivity index (χ3n) is 4.73. The summed E-state index contributed by atoms with van der Waals surface area (Å²) in [5.74, 6) is 1.95. The Morgan fingerprint density at radius 2 is 1.70 bits per heavy atom. The zero-order chi connectivity index (χ0) is 23.2. The molecule has 0 bridgehead atoms. The van der Waals surface area contributed by atoms with E-state index in [0.29, 0.717) is 45.0 Å². The van der Waals surface area contributed by atoms with E-state index in [-0.39, 0.29) is 5.91 Å². The number of rotatable bonds is 8. The van der Waals surface area contributed by atoms with E-state index in [1.807, 2.05) is 35.7 Å². The lowest BCUT2D eigenvalue weighted by atomic mass is 10.1. The van der Waals surface area contributed by atoms with E-state index in [9.17, 15) is 4.79 Å². The monoisotopic (exact) mass is 462 g/mol. The van der Waals surface area contributed by atoms with Crippen molar-refractivity contribution in [1.29, 1.82) is 0 Å². The van der Waals surface area contributed by atoms with E-state index in [1.54, 1.807) is 51.9 Å². The summed E-state index contributed by atoms with van der Waals surface area (Å²) in [7, 11) is 4.68. The Labute approximate surface area is 195 Å². The van der Waals surface area contributed by atoms with E-state index in [4.69, 9.17) is 14.2 Å². The number of aromatic nitrogens is 2. The number of nitrogens with one attached hydrogen (secondary N) is 2. The van der Waals surface area contributed by atoms with Crippen molar-refractivity contribution in [3.8, 4) is 28.5 Å². The quantitative estimate of drug-likeness (QED) is 0.370. The Morgan fingerprint density at radius 1 is 0.909 bits per heavy atom. The Morgan fingerprint density at radius 3 is 2.36 bits per heavy atom. The predicted molar refractivity (Wildman–Crippen MR) is 129 cm³/mol. The Bertz CT molecular complexity index is 1240. The fraction of sp³-hybridized carbons (Fsp3) is 0.125. The molecule has 0 unspecified atom stereocenters. The number of benzene rings is 2. The average Bonchev–Trinajstić information content (AvgIpc) is 3.39. The molecule has 2 aromatic carbocycles. The zero-order valence-electron chi connectivity index (χ0n) is 18.3. The second kappa shape index (κ2) is 10.0. The van der Waals surface area contributed by atoms with Gasteiger partial charge in [0.2, 0.25) is 5.75 Å². The fourth-order valence-electron chi connectivity index (χ4n) is 3.22. The number of carbonyl (C=O) groups is 1. The first-order valence-electron chi connectivity index (χ1n) is 9.95.